The lowest BCUT2D eigenvalue weighted by Crippen LogP contribution is -2.50. The van der Waals surface area contributed by atoms with Crippen molar-refractivity contribution in [3.8, 4) is 0 Å². The highest BCUT2D eigenvalue weighted by Crippen LogP contribution is 2.41. The molecule has 0 heterocycles. The quantitative estimate of drug-likeness (QED) is 0.840. The van der Waals surface area contributed by atoms with E-state index in [9.17, 15) is 22.8 Å². The fourth-order valence-electron chi connectivity index (χ4n) is 2.36. The van der Waals surface area contributed by atoms with Gasteiger partial charge in [0.15, 0.2) is 0 Å². The van der Waals surface area contributed by atoms with Crippen molar-refractivity contribution < 1.29 is 27.9 Å². The van der Waals surface area contributed by atoms with Gasteiger partial charge in [0.25, 0.3) is 0 Å². The number of alkyl halides is 3. The second kappa shape index (κ2) is 5.38. The van der Waals surface area contributed by atoms with Crippen molar-refractivity contribution in [1.82, 2.24) is 5.32 Å². The number of carbonyl (C=O) groups excluding carboxylic acids is 1. The van der Waals surface area contributed by atoms with Crippen molar-refractivity contribution in [3.05, 3.63) is 35.4 Å². The van der Waals surface area contributed by atoms with Crippen LogP contribution in [0.3, 0.4) is 0 Å². The number of halogens is 3. The van der Waals surface area contributed by atoms with E-state index in [0.717, 1.165) is 6.07 Å². The average Bonchev–Trinajstić information content (AvgIpc) is 2.33. The maximum atomic E-state index is 12.8. The Bertz CT molecular complexity index is 565. The molecule has 1 aliphatic rings. The van der Waals surface area contributed by atoms with Crippen LogP contribution in [-0.4, -0.2) is 17.0 Å². The molecule has 1 amide bonds. The molecule has 7 heteroatoms. The summed E-state index contributed by atoms with van der Waals surface area (Å²) in [6.07, 6.45) is -3.45. The van der Waals surface area contributed by atoms with E-state index in [1.165, 1.54) is 18.2 Å². The molecule has 114 valence electrons. The minimum absolute atomic E-state index is 0.0850. The van der Waals surface area contributed by atoms with Crippen LogP contribution in [0.25, 0.3) is 0 Å². The van der Waals surface area contributed by atoms with Crippen molar-refractivity contribution in [2.75, 3.05) is 0 Å². The van der Waals surface area contributed by atoms with Gasteiger partial charge in [-0.3, -0.25) is 9.59 Å². The lowest BCUT2D eigenvalue weighted by molar-refractivity contribution is -0.162. The number of hydrogen-bond donors (Lipinski definition) is 2. The first kappa shape index (κ1) is 15.3. The molecular formula is C14H14F3NO3. The molecule has 0 aliphatic heterocycles. The van der Waals surface area contributed by atoms with Crippen LogP contribution >= 0.6 is 0 Å². The van der Waals surface area contributed by atoms with Gasteiger partial charge in [-0.05, 0) is 24.5 Å². The smallest absolute Gasteiger partial charge is 0.416 e. The van der Waals surface area contributed by atoms with Crippen LogP contribution in [0.1, 0.15) is 30.4 Å². The zero-order valence-electron chi connectivity index (χ0n) is 11.0. The van der Waals surface area contributed by atoms with Crippen molar-refractivity contribution in [3.63, 3.8) is 0 Å². The molecule has 1 aromatic carbocycles. The van der Waals surface area contributed by atoms with Gasteiger partial charge in [-0.2, -0.15) is 13.2 Å². The number of amides is 1. The second-order valence-electron chi connectivity index (χ2n) is 5.08. The molecule has 0 atom stereocenters. The van der Waals surface area contributed by atoms with Gasteiger partial charge in [-0.15, -0.1) is 0 Å². The summed E-state index contributed by atoms with van der Waals surface area (Å²) in [6, 6.07) is 4.89. The molecular weight excluding hydrogens is 287 g/mol. The zero-order valence-corrected chi connectivity index (χ0v) is 11.0. The van der Waals surface area contributed by atoms with Gasteiger partial charge in [0, 0.05) is 6.54 Å². The Hall–Kier alpha value is -2.05. The summed E-state index contributed by atoms with van der Waals surface area (Å²) >= 11 is 0. The van der Waals surface area contributed by atoms with E-state index in [1.54, 1.807) is 0 Å². The Labute approximate surface area is 119 Å². The molecule has 1 aromatic rings. The number of benzene rings is 1. The van der Waals surface area contributed by atoms with E-state index in [1.807, 2.05) is 0 Å². The minimum Gasteiger partial charge on any atom is -0.480 e. The monoisotopic (exact) mass is 301 g/mol. The number of carbonyl (C=O) groups is 2. The van der Waals surface area contributed by atoms with Gasteiger partial charge in [-0.1, -0.05) is 24.6 Å². The average molecular weight is 301 g/mol. The molecule has 0 bridgehead atoms. The largest absolute Gasteiger partial charge is 0.480 e. The van der Waals surface area contributed by atoms with E-state index in [2.05, 4.69) is 5.32 Å². The van der Waals surface area contributed by atoms with Gasteiger partial charge < -0.3 is 10.4 Å². The van der Waals surface area contributed by atoms with Gasteiger partial charge in [0.1, 0.15) is 5.41 Å². The van der Waals surface area contributed by atoms with E-state index >= 15 is 0 Å². The van der Waals surface area contributed by atoms with Crippen LogP contribution in [-0.2, 0) is 22.3 Å². The highest BCUT2D eigenvalue weighted by molar-refractivity contribution is 6.02. The SMILES string of the molecule is O=C(O)C1(C(=O)NCc2ccccc2C(F)(F)F)CCC1. The molecule has 2 N–H and O–H groups in total. The molecule has 0 aromatic heterocycles. The molecule has 1 fully saturated rings. The third-order valence-electron chi connectivity index (χ3n) is 3.81. The summed E-state index contributed by atoms with van der Waals surface area (Å²) in [5, 5.41) is 11.4. The van der Waals surface area contributed by atoms with Gasteiger partial charge in [0.05, 0.1) is 5.56 Å². The summed E-state index contributed by atoms with van der Waals surface area (Å²) in [4.78, 5) is 23.1. The first-order valence-electron chi connectivity index (χ1n) is 6.44. The summed E-state index contributed by atoms with van der Waals surface area (Å²) in [5.41, 5.74) is -2.39. The molecule has 1 saturated carbocycles. The van der Waals surface area contributed by atoms with E-state index in [-0.39, 0.29) is 24.9 Å². The Morgan fingerprint density at radius 3 is 2.33 bits per heavy atom. The zero-order chi connectivity index (χ0) is 15.7. The number of carboxylic acids is 1. The Morgan fingerprint density at radius 1 is 1.24 bits per heavy atom. The Kier molecular flexibility index (Phi) is 3.93. The van der Waals surface area contributed by atoms with Crippen LogP contribution in [0.15, 0.2) is 24.3 Å². The summed E-state index contributed by atoms with van der Waals surface area (Å²) in [6.45, 7) is -0.344. The van der Waals surface area contributed by atoms with Crippen LogP contribution in [0.4, 0.5) is 13.2 Å². The topological polar surface area (TPSA) is 66.4 Å². The van der Waals surface area contributed by atoms with Crippen molar-refractivity contribution >= 4 is 11.9 Å². The molecule has 0 radical (unpaired) electrons. The molecule has 0 spiro atoms. The normalized spacial score (nSPS) is 16.9. The number of hydrogen-bond acceptors (Lipinski definition) is 2. The third kappa shape index (κ3) is 2.86. The van der Waals surface area contributed by atoms with Gasteiger partial charge in [-0.25, -0.2) is 0 Å². The summed E-state index contributed by atoms with van der Waals surface area (Å²) in [7, 11) is 0. The van der Waals surface area contributed by atoms with Crippen molar-refractivity contribution in [2.24, 2.45) is 5.41 Å². The van der Waals surface area contributed by atoms with Crippen molar-refractivity contribution in [2.45, 2.75) is 32.0 Å². The highest BCUT2D eigenvalue weighted by Gasteiger charge is 2.51. The summed E-state index contributed by atoms with van der Waals surface area (Å²) in [5.74, 6) is -1.95. The molecule has 4 nitrogen and oxygen atoms in total. The van der Waals surface area contributed by atoms with Gasteiger partial charge in [0.2, 0.25) is 5.91 Å². The predicted octanol–water partition coefficient (Wildman–Crippen LogP) is 2.58. The molecule has 21 heavy (non-hydrogen) atoms. The first-order chi connectivity index (χ1) is 9.77. The molecule has 2 rings (SSSR count). The maximum absolute atomic E-state index is 12.8. The number of carboxylic acid groups (broad SMARTS) is 1. The van der Waals surface area contributed by atoms with Crippen LogP contribution in [0, 0.1) is 5.41 Å². The fraction of sp³-hybridized carbons (Fsp3) is 0.429. The first-order valence-corrected chi connectivity index (χ1v) is 6.44. The Morgan fingerprint density at radius 2 is 1.86 bits per heavy atom. The van der Waals surface area contributed by atoms with Crippen LogP contribution < -0.4 is 5.32 Å². The van der Waals surface area contributed by atoms with Crippen LogP contribution in [0.2, 0.25) is 0 Å². The number of aliphatic carboxylic acids is 1. The fourth-order valence-corrected chi connectivity index (χ4v) is 2.36. The van der Waals surface area contributed by atoms with Gasteiger partial charge >= 0.3 is 12.1 Å². The van der Waals surface area contributed by atoms with Crippen LogP contribution in [0.5, 0.6) is 0 Å². The lowest BCUT2D eigenvalue weighted by atomic mass is 9.68. The van der Waals surface area contributed by atoms with E-state index in [0.29, 0.717) is 6.42 Å². The number of rotatable bonds is 4. The summed E-state index contributed by atoms with van der Waals surface area (Å²) < 4.78 is 38.4. The number of nitrogens with one attached hydrogen (secondary N) is 1. The van der Waals surface area contributed by atoms with E-state index in [4.69, 9.17) is 5.11 Å². The minimum atomic E-state index is -4.51. The standard InChI is InChI=1S/C14H14F3NO3/c15-14(16,17)10-5-2-1-4-9(10)8-18-11(19)13(12(20)21)6-3-7-13/h1-2,4-5H,3,6-8H2,(H,18,19)(H,20,21). The molecule has 1 aliphatic carbocycles. The predicted molar refractivity (Wildman–Crippen MR) is 67.2 cm³/mol. The lowest BCUT2D eigenvalue weighted by Gasteiger charge is -2.35. The van der Waals surface area contributed by atoms with Crippen molar-refractivity contribution in [1.29, 1.82) is 0 Å². The highest BCUT2D eigenvalue weighted by atomic mass is 19.4. The third-order valence-corrected chi connectivity index (χ3v) is 3.81. The molecule has 0 saturated heterocycles. The second-order valence-corrected chi connectivity index (χ2v) is 5.08. The Balaban J connectivity index is 2.11. The maximum Gasteiger partial charge on any atom is 0.416 e. The van der Waals surface area contributed by atoms with E-state index < -0.39 is 29.0 Å². The molecule has 0 unspecified atom stereocenters.